The summed E-state index contributed by atoms with van der Waals surface area (Å²) < 4.78 is 36.3. The molecule has 0 aliphatic carbocycles. The molecule has 26 heavy (non-hydrogen) atoms. The van der Waals surface area contributed by atoms with Crippen LogP contribution in [0.25, 0.3) is 0 Å². The Bertz CT molecular complexity index is 594. The van der Waals surface area contributed by atoms with Crippen LogP contribution >= 0.6 is 15.9 Å². The summed E-state index contributed by atoms with van der Waals surface area (Å²) >= 11 is 3.37. The van der Waals surface area contributed by atoms with Crippen LogP contribution in [0.1, 0.15) is 32.3 Å². The number of nitrogens with zero attached hydrogens (tertiary/aromatic N) is 2. The van der Waals surface area contributed by atoms with Crippen molar-refractivity contribution in [3.05, 3.63) is 28.2 Å². The number of nitrogens with one attached hydrogen (secondary N) is 1. The van der Waals surface area contributed by atoms with E-state index in [9.17, 15) is 8.78 Å². The van der Waals surface area contributed by atoms with Gasteiger partial charge >= 0.3 is 6.61 Å². The molecule has 0 radical (unpaired) electrons. The van der Waals surface area contributed by atoms with Crippen molar-refractivity contribution in [2.75, 3.05) is 26.2 Å². The standard InChI is InChI=1S/C18H26BrF2N3O2/c1-3-22-18(24-9-7-15(8-10-24)25-4-2)23-12-13-11-14(19)5-6-16(13)26-17(20)21/h5-6,11,15,17H,3-4,7-10,12H2,1-2H3,(H,22,23). The van der Waals surface area contributed by atoms with Crippen molar-refractivity contribution in [1.29, 1.82) is 0 Å². The Morgan fingerprint density at radius 2 is 2.08 bits per heavy atom. The van der Waals surface area contributed by atoms with E-state index in [4.69, 9.17) is 4.74 Å². The lowest BCUT2D eigenvalue weighted by atomic mass is 10.1. The Balaban J connectivity index is 2.08. The second kappa shape index (κ2) is 10.7. The molecule has 1 fully saturated rings. The molecule has 2 rings (SSSR count). The quantitative estimate of drug-likeness (QED) is 0.520. The third-order valence-corrected chi connectivity index (χ3v) is 4.61. The first kappa shape index (κ1) is 20.9. The number of aliphatic imine (C=N–C) groups is 1. The van der Waals surface area contributed by atoms with Gasteiger partial charge in [0.1, 0.15) is 5.75 Å². The minimum atomic E-state index is -2.86. The van der Waals surface area contributed by atoms with E-state index in [1.807, 2.05) is 13.8 Å². The van der Waals surface area contributed by atoms with E-state index in [1.54, 1.807) is 12.1 Å². The van der Waals surface area contributed by atoms with Gasteiger partial charge in [0, 0.05) is 36.3 Å². The number of piperidine rings is 1. The maximum Gasteiger partial charge on any atom is 0.387 e. The monoisotopic (exact) mass is 433 g/mol. The van der Waals surface area contributed by atoms with Crippen LogP contribution in [0.2, 0.25) is 0 Å². The molecule has 0 amide bonds. The molecular weight excluding hydrogens is 408 g/mol. The van der Waals surface area contributed by atoms with E-state index in [0.717, 1.165) is 49.5 Å². The van der Waals surface area contributed by atoms with Gasteiger partial charge in [-0.25, -0.2) is 4.99 Å². The third-order valence-electron chi connectivity index (χ3n) is 4.12. The van der Waals surface area contributed by atoms with E-state index >= 15 is 0 Å². The van der Waals surface area contributed by atoms with Crippen molar-refractivity contribution in [2.24, 2.45) is 4.99 Å². The summed E-state index contributed by atoms with van der Waals surface area (Å²) in [6, 6.07) is 4.96. The first-order chi connectivity index (χ1) is 12.5. The molecule has 1 saturated heterocycles. The lowest BCUT2D eigenvalue weighted by Gasteiger charge is -2.34. The average molecular weight is 434 g/mol. The highest BCUT2D eigenvalue weighted by Crippen LogP contribution is 2.25. The SMILES string of the molecule is CCNC(=NCc1cc(Br)ccc1OC(F)F)N1CCC(OCC)CC1. The topological polar surface area (TPSA) is 46.1 Å². The van der Waals surface area contributed by atoms with Crippen LogP contribution in [0.4, 0.5) is 8.78 Å². The fraction of sp³-hybridized carbons (Fsp3) is 0.611. The normalized spacial score (nSPS) is 16.2. The number of benzene rings is 1. The number of halogens is 3. The second-order valence-electron chi connectivity index (χ2n) is 5.94. The summed E-state index contributed by atoms with van der Waals surface area (Å²) in [7, 11) is 0. The number of likely N-dealkylation sites (tertiary alicyclic amines) is 1. The molecule has 0 aromatic heterocycles. The molecule has 0 bridgehead atoms. The molecule has 1 heterocycles. The highest BCUT2D eigenvalue weighted by atomic mass is 79.9. The van der Waals surface area contributed by atoms with Crippen LogP contribution in [0.15, 0.2) is 27.7 Å². The van der Waals surface area contributed by atoms with Crippen LogP contribution in [0.5, 0.6) is 5.75 Å². The molecule has 8 heteroatoms. The molecule has 0 atom stereocenters. The van der Waals surface area contributed by atoms with Gasteiger partial charge in [0.05, 0.1) is 12.6 Å². The summed E-state index contributed by atoms with van der Waals surface area (Å²) in [5, 5.41) is 3.28. The first-order valence-electron chi connectivity index (χ1n) is 8.91. The van der Waals surface area contributed by atoms with Crippen LogP contribution in [-0.4, -0.2) is 49.8 Å². The molecule has 0 unspecified atom stereocenters. The van der Waals surface area contributed by atoms with Gasteiger partial charge in [-0.3, -0.25) is 0 Å². The van der Waals surface area contributed by atoms with Crippen molar-refractivity contribution < 1.29 is 18.3 Å². The van der Waals surface area contributed by atoms with Crippen LogP contribution < -0.4 is 10.1 Å². The predicted molar refractivity (Wildman–Crippen MR) is 102 cm³/mol. The number of hydrogen-bond donors (Lipinski definition) is 1. The number of ether oxygens (including phenoxy) is 2. The van der Waals surface area contributed by atoms with E-state index in [0.29, 0.717) is 11.7 Å². The first-order valence-corrected chi connectivity index (χ1v) is 9.70. The van der Waals surface area contributed by atoms with E-state index in [1.165, 1.54) is 6.07 Å². The lowest BCUT2D eigenvalue weighted by Crippen LogP contribution is -2.47. The van der Waals surface area contributed by atoms with Gasteiger partial charge in [-0.05, 0) is 44.9 Å². The average Bonchev–Trinajstić information content (AvgIpc) is 2.61. The highest BCUT2D eigenvalue weighted by molar-refractivity contribution is 9.10. The maximum atomic E-state index is 12.6. The smallest absolute Gasteiger partial charge is 0.387 e. The zero-order valence-corrected chi connectivity index (χ0v) is 16.8. The molecule has 146 valence electrons. The molecule has 1 aliphatic rings. The molecule has 1 aromatic rings. The zero-order valence-electron chi connectivity index (χ0n) is 15.2. The number of hydrogen-bond acceptors (Lipinski definition) is 3. The van der Waals surface area contributed by atoms with Gasteiger partial charge in [-0.15, -0.1) is 0 Å². The van der Waals surface area contributed by atoms with Crippen molar-refractivity contribution in [3.63, 3.8) is 0 Å². The molecule has 1 aliphatic heterocycles. The summed E-state index contributed by atoms with van der Waals surface area (Å²) in [5.41, 5.74) is 0.610. The number of rotatable bonds is 7. The van der Waals surface area contributed by atoms with Crippen LogP contribution in [0, 0.1) is 0 Å². The van der Waals surface area contributed by atoms with Gasteiger partial charge in [0.15, 0.2) is 5.96 Å². The van der Waals surface area contributed by atoms with Crippen molar-refractivity contribution in [1.82, 2.24) is 10.2 Å². The van der Waals surface area contributed by atoms with Gasteiger partial charge < -0.3 is 19.7 Å². The Morgan fingerprint density at radius 3 is 2.69 bits per heavy atom. The molecule has 1 N–H and O–H groups in total. The van der Waals surface area contributed by atoms with Gasteiger partial charge in [0.25, 0.3) is 0 Å². The Labute approximate surface area is 161 Å². The Morgan fingerprint density at radius 1 is 1.35 bits per heavy atom. The Hall–Kier alpha value is -1.41. The minimum absolute atomic E-state index is 0.151. The minimum Gasteiger partial charge on any atom is -0.434 e. The fourth-order valence-electron chi connectivity index (χ4n) is 2.94. The lowest BCUT2D eigenvalue weighted by molar-refractivity contribution is -0.0504. The summed E-state index contributed by atoms with van der Waals surface area (Å²) in [6.07, 6.45) is 2.21. The van der Waals surface area contributed by atoms with Gasteiger partial charge in [-0.1, -0.05) is 15.9 Å². The molecule has 0 spiro atoms. The van der Waals surface area contributed by atoms with Crippen molar-refractivity contribution in [3.8, 4) is 5.75 Å². The van der Waals surface area contributed by atoms with Crippen LogP contribution in [-0.2, 0) is 11.3 Å². The van der Waals surface area contributed by atoms with E-state index in [2.05, 4.69) is 35.9 Å². The number of guanidine groups is 1. The number of alkyl halides is 2. The highest BCUT2D eigenvalue weighted by Gasteiger charge is 2.21. The Kier molecular flexibility index (Phi) is 8.58. The van der Waals surface area contributed by atoms with Crippen molar-refractivity contribution in [2.45, 2.75) is 45.9 Å². The summed E-state index contributed by atoms with van der Waals surface area (Å²) in [6.45, 7) is 4.60. The zero-order chi connectivity index (χ0) is 18.9. The fourth-order valence-corrected chi connectivity index (χ4v) is 3.35. The summed E-state index contributed by atoms with van der Waals surface area (Å²) in [5.74, 6) is 0.934. The van der Waals surface area contributed by atoms with Gasteiger partial charge in [-0.2, -0.15) is 8.78 Å². The maximum absolute atomic E-state index is 12.6. The van der Waals surface area contributed by atoms with Crippen molar-refractivity contribution >= 4 is 21.9 Å². The molecule has 1 aromatic carbocycles. The van der Waals surface area contributed by atoms with E-state index in [-0.39, 0.29) is 12.3 Å². The third kappa shape index (κ3) is 6.39. The second-order valence-corrected chi connectivity index (χ2v) is 6.86. The molecular formula is C18H26BrF2N3O2. The predicted octanol–water partition coefficient (Wildman–Crippen LogP) is 4.02. The molecule has 5 nitrogen and oxygen atoms in total. The van der Waals surface area contributed by atoms with E-state index < -0.39 is 6.61 Å². The molecule has 0 saturated carbocycles. The van der Waals surface area contributed by atoms with Crippen LogP contribution in [0.3, 0.4) is 0 Å². The summed E-state index contributed by atoms with van der Waals surface area (Å²) in [4.78, 5) is 6.82. The van der Waals surface area contributed by atoms with Gasteiger partial charge in [0.2, 0.25) is 0 Å². The largest absolute Gasteiger partial charge is 0.434 e.